The van der Waals surface area contributed by atoms with Gasteiger partial charge in [-0.2, -0.15) is 0 Å². The molecule has 27 heavy (non-hydrogen) atoms. The zero-order valence-corrected chi connectivity index (χ0v) is 15.2. The van der Waals surface area contributed by atoms with Crippen molar-refractivity contribution in [3.8, 4) is 0 Å². The number of carbonyl (C=O) groups is 3. The molecule has 0 N–H and O–H groups in total. The summed E-state index contributed by atoms with van der Waals surface area (Å²) in [6.45, 7) is 1.96. The summed E-state index contributed by atoms with van der Waals surface area (Å²) in [6, 6.07) is 14.2. The van der Waals surface area contributed by atoms with E-state index in [1.807, 2.05) is 31.2 Å². The molecule has 0 radical (unpaired) electrons. The van der Waals surface area contributed by atoms with Crippen molar-refractivity contribution in [1.82, 2.24) is 5.06 Å². The van der Waals surface area contributed by atoms with Gasteiger partial charge in [0.05, 0.1) is 17.0 Å². The number of nitrogens with zero attached hydrogens (tertiary/aromatic N) is 1. The summed E-state index contributed by atoms with van der Waals surface area (Å²) >= 11 is 0. The normalized spacial score (nSPS) is 17.9. The van der Waals surface area contributed by atoms with Crippen LogP contribution in [0.4, 0.5) is 0 Å². The smallest absolute Gasteiger partial charge is 0.329 e. The number of aryl methyl sites for hydroxylation is 1. The lowest BCUT2D eigenvalue weighted by molar-refractivity contribution is -0.172. The lowest BCUT2D eigenvalue weighted by atomic mass is 9.83. The number of hydrogen-bond acceptors (Lipinski definition) is 4. The minimum atomic E-state index is -0.584. The Balaban J connectivity index is 1.63. The molecular formula is C22H21NO4. The number of imide groups is 1. The second kappa shape index (κ2) is 6.99. The first-order valence-electron chi connectivity index (χ1n) is 9.33. The maximum Gasteiger partial charge on any atom is 0.340 e. The van der Waals surface area contributed by atoms with E-state index in [4.69, 9.17) is 4.84 Å². The fourth-order valence-electron chi connectivity index (χ4n) is 4.20. The Bertz CT molecular complexity index is 879. The lowest BCUT2D eigenvalue weighted by Gasteiger charge is -2.25. The molecule has 5 heteroatoms. The third kappa shape index (κ3) is 3.03. The molecule has 1 atom stereocenters. The molecule has 0 aromatic heterocycles. The SMILES string of the molecule is Cc1ccccc1C(C(=O)ON1C(=O)c2ccccc2C1=O)C1CCCC1. The third-order valence-electron chi connectivity index (χ3n) is 5.59. The highest BCUT2D eigenvalue weighted by Crippen LogP contribution is 2.39. The second-order valence-electron chi connectivity index (χ2n) is 7.24. The minimum absolute atomic E-state index is 0.161. The predicted molar refractivity (Wildman–Crippen MR) is 98.9 cm³/mol. The Morgan fingerprint density at radius 3 is 2.11 bits per heavy atom. The van der Waals surface area contributed by atoms with Gasteiger partial charge in [0.2, 0.25) is 0 Å². The quantitative estimate of drug-likeness (QED) is 0.770. The van der Waals surface area contributed by atoms with Crippen molar-refractivity contribution in [3.05, 3.63) is 70.8 Å². The van der Waals surface area contributed by atoms with Crippen LogP contribution in [-0.4, -0.2) is 22.8 Å². The van der Waals surface area contributed by atoms with Gasteiger partial charge in [0.1, 0.15) is 0 Å². The number of carbonyl (C=O) groups excluding carboxylic acids is 3. The number of hydroxylamine groups is 2. The van der Waals surface area contributed by atoms with Crippen LogP contribution in [0.3, 0.4) is 0 Å². The highest BCUT2D eigenvalue weighted by atomic mass is 16.7. The molecule has 1 aliphatic carbocycles. The average Bonchev–Trinajstić information content (AvgIpc) is 3.28. The predicted octanol–water partition coefficient (Wildman–Crippen LogP) is 4.02. The van der Waals surface area contributed by atoms with Crippen molar-refractivity contribution < 1.29 is 19.2 Å². The van der Waals surface area contributed by atoms with Crippen LogP contribution in [0.2, 0.25) is 0 Å². The molecule has 5 nitrogen and oxygen atoms in total. The first-order valence-corrected chi connectivity index (χ1v) is 9.33. The molecule has 4 rings (SSSR count). The zero-order chi connectivity index (χ0) is 19.0. The topological polar surface area (TPSA) is 63.7 Å². The molecule has 138 valence electrons. The molecular weight excluding hydrogens is 342 g/mol. The Morgan fingerprint density at radius 2 is 1.52 bits per heavy atom. The van der Waals surface area contributed by atoms with Crippen LogP contribution in [0.15, 0.2) is 48.5 Å². The molecule has 0 spiro atoms. The molecule has 1 heterocycles. The van der Waals surface area contributed by atoms with E-state index < -0.39 is 23.7 Å². The van der Waals surface area contributed by atoms with Crippen molar-refractivity contribution in [2.75, 3.05) is 0 Å². The van der Waals surface area contributed by atoms with Gasteiger partial charge in [-0.1, -0.05) is 54.3 Å². The van der Waals surface area contributed by atoms with Gasteiger partial charge in [0, 0.05) is 0 Å². The number of amides is 2. The van der Waals surface area contributed by atoms with Gasteiger partial charge >= 0.3 is 5.97 Å². The summed E-state index contributed by atoms with van der Waals surface area (Å²) in [7, 11) is 0. The number of rotatable bonds is 4. The van der Waals surface area contributed by atoms with Gasteiger partial charge < -0.3 is 4.84 Å². The van der Waals surface area contributed by atoms with Crippen molar-refractivity contribution in [1.29, 1.82) is 0 Å². The van der Waals surface area contributed by atoms with E-state index in [1.165, 1.54) is 0 Å². The monoisotopic (exact) mass is 363 g/mol. The minimum Gasteiger partial charge on any atom is -0.329 e. The van der Waals surface area contributed by atoms with Gasteiger partial charge in [-0.25, -0.2) is 4.79 Å². The molecule has 1 saturated carbocycles. The average molecular weight is 363 g/mol. The van der Waals surface area contributed by atoms with Crippen LogP contribution in [0.1, 0.15) is 63.4 Å². The second-order valence-corrected chi connectivity index (χ2v) is 7.24. The van der Waals surface area contributed by atoms with Crippen LogP contribution >= 0.6 is 0 Å². The zero-order valence-electron chi connectivity index (χ0n) is 15.2. The lowest BCUT2D eigenvalue weighted by Crippen LogP contribution is -2.36. The molecule has 2 aliphatic rings. The molecule has 1 aliphatic heterocycles. The number of benzene rings is 2. The van der Waals surface area contributed by atoms with E-state index in [9.17, 15) is 14.4 Å². The Labute approximate surface area is 157 Å². The molecule has 0 saturated heterocycles. The van der Waals surface area contributed by atoms with E-state index in [-0.39, 0.29) is 17.0 Å². The molecule has 1 fully saturated rings. The van der Waals surface area contributed by atoms with Gasteiger partial charge in [0.25, 0.3) is 11.8 Å². The summed E-state index contributed by atoms with van der Waals surface area (Å²) in [5.41, 5.74) is 2.45. The Morgan fingerprint density at radius 1 is 0.963 bits per heavy atom. The molecule has 2 aromatic rings. The number of fused-ring (bicyclic) bond motifs is 1. The molecule has 0 bridgehead atoms. The first-order chi connectivity index (χ1) is 13.1. The van der Waals surface area contributed by atoms with Crippen molar-refractivity contribution in [3.63, 3.8) is 0 Å². The summed E-state index contributed by atoms with van der Waals surface area (Å²) < 4.78 is 0. The highest BCUT2D eigenvalue weighted by Gasteiger charge is 2.42. The fourth-order valence-corrected chi connectivity index (χ4v) is 4.20. The largest absolute Gasteiger partial charge is 0.340 e. The van der Waals surface area contributed by atoms with E-state index in [0.29, 0.717) is 5.06 Å². The van der Waals surface area contributed by atoms with E-state index in [2.05, 4.69) is 0 Å². The summed E-state index contributed by atoms with van der Waals surface area (Å²) in [5, 5.41) is 0.618. The Hall–Kier alpha value is -2.95. The third-order valence-corrected chi connectivity index (χ3v) is 5.59. The van der Waals surface area contributed by atoms with Gasteiger partial charge in [-0.05, 0) is 48.9 Å². The number of hydrogen-bond donors (Lipinski definition) is 0. The Kier molecular flexibility index (Phi) is 4.52. The maximum absolute atomic E-state index is 13.1. The molecule has 1 unspecified atom stereocenters. The van der Waals surface area contributed by atoms with Gasteiger partial charge in [0.15, 0.2) is 0 Å². The van der Waals surface area contributed by atoms with Crippen molar-refractivity contribution >= 4 is 17.8 Å². The van der Waals surface area contributed by atoms with Crippen LogP contribution < -0.4 is 0 Å². The van der Waals surface area contributed by atoms with Crippen LogP contribution in [0.25, 0.3) is 0 Å². The van der Waals surface area contributed by atoms with Crippen LogP contribution in [0.5, 0.6) is 0 Å². The van der Waals surface area contributed by atoms with Crippen molar-refractivity contribution in [2.24, 2.45) is 5.92 Å². The molecule has 2 amide bonds. The standard InChI is InChI=1S/C22H21NO4/c1-14-8-2-5-11-16(14)19(15-9-3-4-10-15)22(26)27-23-20(24)17-12-6-7-13-18(17)21(23)25/h2,5-8,11-13,15,19H,3-4,9-10H2,1H3. The van der Waals surface area contributed by atoms with Crippen LogP contribution in [-0.2, 0) is 9.63 Å². The van der Waals surface area contributed by atoms with Gasteiger partial charge in [-0.3, -0.25) is 9.59 Å². The summed E-state index contributed by atoms with van der Waals surface area (Å²) in [6.07, 6.45) is 4.03. The highest BCUT2D eigenvalue weighted by molar-refractivity contribution is 6.20. The van der Waals surface area contributed by atoms with E-state index >= 15 is 0 Å². The summed E-state index contributed by atoms with van der Waals surface area (Å²) in [5.74, 6) is -2.02. The van der Waals surface area contributed by atoms with Crippen LogP contribution in [0, 0.1) is 12.8 Å². The van der Waals surface area contributed by atoms with E-state index in [0.717, 1.165) is 36.8 Å². The van der Waals surface area contributed by atoms with Crippen molar-refractivity contribution in [2.45, 2.75) is 38.5 Å². The fraction of sp³-hybridized carbons (Fsp3) is 0.318. The van der Waals surface area contributed by atoms with Gasteiger partial charge in [-0.15, -0.1) is 0 Å². The van der Waals surface area contributed by atoms with E-state index in [1.54, 1.807) is 24.3 Å². The molecule has 2 aromatic carbocycles. The first kappa shape index (κ1) is 17.5. The maximum atomic E-state index is 13.1. The summed E-state index contributed by atoms with van der Waals surface area (Å²) in [4.78, 5) is 43.5.